The van der Waals surface area contributed by atoms with Crippen molar-refractivity contribution in [3.63, 3.8) is 0 Å². The normalized spacial score (nSPS) is 15.5. The molecule has 0 radical (unpaired) electrons. The minimum absolute atomic E-state index is 0.417. The van der Waals surface area contributed by atoms with Gasteiger partial charge in [-0.3, -0.25) is 4.79 Å². The fraction of sp³-hybridized carbons (Fsp3) is 0.375. The highest BCUT2D eigenvalue weighted by molar-refractivity contribution is 6.30. The van der Waals surface area contributed by atoms with E-state index in [0.29, 0.717) is 17.3 Å². The molecule has 1 amide bonds. The molecule has 0 unspecified atom stereocenters. The molecule has 1 aromatic rings. The quantitative estimate of drug-likeness (QED) is 0.686. The Morgan fingerprint density at radius 1 is 1.69 bits per heavy atom. The van der Waals surface area contributed by atoms with Crippen molar-refractivity contribution in [3.05, 3.63) is 22.5 Å². The maximum Gasteiger partial charge on any atom is 0.250 e. The standard InChI is InChI=1S/C8H10ClN3O/c9-7-3-5(8(10)13)6-4-11-1-2-12(6)7/h3,11H,1-2,4H2,(H2,10,13). The van der Waals surface area contributed by atoms with Crippen LogP contribution in [-0.2, 0) is 13.1 Å². The van der Waals surface area contributed by atoms with Crippen LogP contribution >= 0.6 is 11.6 Å². The van der Waals surface area contributed by atoms with Crippen LogP contribution in [0.5, 0.6) is 0 Å². The summed E-state index contributed by atoms with van der Waals surface area (Å²) in [4.78, 5) is 11.0. The highest BCUT2D eigenvalue weighted by atomic mass is 35.5. The lowest BCUT2D eigenvalue weighted by Gasteiger charge is -2.17. The summed E-state index contributed by atoms with van der Waals surface area (Å²) in [7, 11) is 0. The maximum absolute atomic E-state index is 11.0. The van der Waals surface area contributed by atoms with E-state index in [4.69, 9.17) is 17.3 Å². The summed E-state index contributed by atoms with van der Waals surface area (Å²) in [6.45, 7) is 2.33. The number of amides is 1. The lowest BCUT2D eigenvalue weighted by molar-refractivity contribution is 0.0999. The van der Waals surface area contributed by atoms with E-state index < -0.39 is 5.91 Å². The monoisotopic (exact) mass is 199 g/mol. The first-order valence-electron chi connectivity index (χ1n) is 4.08. The lowest BCUT2D eigenvalue weighted by atomic mass is 10.2. The lowest BCUT2D eigenvalue weighted by Crippen LogP contribution is -2.29. The van der Waals surface area contributed by atoms with Crippen LogP contribution in [0.1, 0.15) is 16.1 Å². The summed E-state index contributed by atoms with van der Waals surface area (Å²) < 4.78 is 1.91. The zero-order chi connectivity index (χ0) is 9.42. The molecule has 70 valence electrons. The smallest absolute Gasteiger partial charge is 0.250 e. The number of nitrogens with two attached hydrogens (primary N) is 1. The van der Waals surface area contributed by atoms with Crippen molar-refractivity contribution in [1.82, 2.24) is 9.88 Å². The van der Waals surface area contributed by atoms with Crippen molar-refractivity contribution in [2.24, 2.45) is 5.73 Å². The zero-order valence-corrected chi connectivity index (χ0v) is 7.77. The van der Waals surface area contributed by atoms with Gasteiger partial charge in [-0.2, -0.15) is 0 Å². The summed E-state index contributed by atoms with van der Waals surface area (Å²) in [6.07, 6.45) is 0. The van der Waals surface area contributed by atoms with Crippen molar-refractivity contribution in [2.75, 3.05) is 6.54 Å². The van der Waals surface area contributed by atoms with Crippen LogP contribution in [-0.4, -0.2) is 17.0 Å². The van der Waals surface area contributed by atoms with E-state index >= 15 is 0 Å². The van der Waals surface area contributed by atoms with Crippen molar-refractivity contribution >= 4 is 17.5 Å². The highest BCUT2D eigenvalue weighted by Crippen LogP contribution is 2.21. The number of fused-ring (bicyclic) bond motifs is 1. The van der Waals surface area contributed by atoms with Gasteiger partial charge in [0, 0.05) is 25.3 Å². The Morgan fingerprint density at radius 2 is 2.46 bits per heavy atom. The first kappa shape index (κ1) is 8.59. The van der Waals surface area contributed by atoms with Gasteiger partial charge in [0.05, 0.1) is 5.56 Å². The van der Waals surface area contributed by atoms with Crippen LogP contribution in [0.4, 0.5) is 0 Å². The molecule has 1 aliphatic heterocycles. The molecule has 0 atom stereocenters. The fourth-order valence-corrected chi connectivity index (χ4v) is 1.89. The number of halogens is 1. The molecule has 0 saturated carbocycles. The molecule has 2 rings (SSSR count). The van der Waals surface area contributed by atoms with Gasteiger partial charge in [0.2, 0.25) is 0 Å². The predicted molar refractivity (Wildman–Crippen MR) is 49.7 cm³/mol. The Labute approximate surface area is 80.7 Å². The van der Waals surface area contributed by atoms with E-state index in [9.17, 15) is 4.79 Å². The van der Waals surface area contributed by atoms with Crippen molar-refractivity contribution in [2.45, 2.75) is 13.1 Å². The Balaban J connectivity index is 2.53. The molecule has 0 bridgehead atoms. The molecule has 0 fully saturated rings. The van der Waals surface area contributed by atoms with E-state index in [1.54, 1.807) is 6.07 Å². The molecule has 1 aromatic heterocycles. The molecule has 0 aliphatic carbocycles. The molecule has 5 heteroatoms. The number of carbonyl (C=O) groups excluding carboxylic acids is 1. The number of carbonyl (C=O) groups is 1. The maximum atomic E-state index is 11.0. The van der Waals surface area contributed by atoms with Gasteiger partial charge in [0.1, 0.15) is 5.15 Å². The van der Waals surface area contributed by atoms with Crippen molar-refractivity contribution < 1.29 is 4.79 Å². The Morgan fingerprint density at radius 3 is 3.15 bits per heavy atom. The average molecular weight is 200 g/mol. The molecule has 3 N–H and O–H groups in total. The van der Waals surface area contributed by atoms with Gasteiger partial charge in [-0.25, -0.2) is 0 Å². The first-order valence-corrected chi connectivity index (χ1v) is 4.46. The SMILES string of the molecule is NC(=O)c1cc(Cl)n2c1CNCC2. The number of nitrogens with zero attached hydrogens (tertiary/aromatic N) is 1. The second-order valence-corrected chi connectivity index (χ2v) is 3.41. The molecule has 2 heterocycles. The summed E-state index contributed by atoms with van der Waals surface area (Å²) in [5.41, 5.74) is 6.63. The van der Waals surface area contributed by atoms with Crippen LogP contribution in [0.25, 0.3) is 0 Å². The van der Waals surface area contributed by atoms with Gasteiger partial charge in [-0.1, -0.05) is 11.6 Å². The third kappa shape index (κ3) is 1.32. The van der Waals surface area contributed by atoms with Gasteiger partial charge in [-0.15, -0.1) is 0 Å². The fourth-order valence-electron chi connectivity index (χ4n) is 1.60. The Bertz CT molecular complexity index is 359. The van der Waals surface area contributed by atoms with Crippen LogP contribution in [0, 0.1) is 0 Å². The minimum atomic E-state index is -0.417. The van der Waals surface area contributed by atoms with E-state index in [-0.39, 0.29) is 0 Å². The summed E-state index contributed by atoms with van der Waals surface area (Å²) in [5, 5.41) is 3.75. The summed E-state index contributed by atoms with van der Waals surface area (Å²) in [6, 6.07) is 1.63. The second-order valence-electron chi connectivity index (χ2n) is 3.02. The van der Waals surface area contributed by atoms with Crippen molar-refractivity contribution in [3.8, 4) is 0 Å². The zero-order valence-electron chi connectivity index (χ0n) is 7.01. The summed E-state index contributed by atoms with van der Waals surface area (Å²) >= 11 is 5.93. The number of primary amides is 1. The molecule has 13 heavy (non-hydrogen) atoms. The third-order valence-corrected chi connectivity index (χ3v) is 2.54. The van der Waals surface area contributed by atoms with Gasteiger partial charge in [-0.05, 0) is 6.07 Å². The van der Waals surface area contributed by atoms with Gasteiger partial charge < -0.3 is 15.6 Å². The topological polar surface area (TPSA) is 60.1 Å². The molecule has 0 aromatic carbocycles. The average Bonchev–Trinajstić information content (AvgIpc) is 2.45. The highest BCUT2D eigenvalue weighted by Gasteiger charge is 2.19. The second kappa shape index (κ2) is 3.05. The number of hydrogen-bond acceptors (Lipinski definition) is 2. The largest absolute Gasteiger partial charge is 0.366 e. The third-order valence-electron chi connectivity index (χ3n) is 2.23. The van der Waals surface area contributed by atoms with Crippen LogP contribution in [0.3, 0.4) is 0 Å². The van der Waals surface area contributed by atoms with Gasteiger partial charge in [0.15, 0.2) is 0 Å². The first-order chi connectivity index (χ1) is 6.20. The van der Waals surface area contributed by atoms with Gasteiger partial charge >= 0.3 is 0 Å². The Hall–Kier alpha value is -1.00. The van der Waals surface area contributed by atoms with E-state index in [0.717, 1.165) is 18.8 Å². The van der Waals surface area contributed by atoms with Crippen LogP contribution < -0.4 is 11.1 Å². The predicted octanol–water partition coefficient (Wildman–Crippen LogP) is 0.344. The molecular formula is C8H10ClN3O. The molecule has 0 spiro atoms. The van der Waals surface area contributed by atoms with Gasteiger partial charge in [0.25, 0.3) is 5.91 Å². The Kier molecular flexibility index (Phi) is 2.01. The molecule has 0 saturated heterocycles. The van der Waals surface area contributed by atoms with E-state index in [1.807, 2.05) is 4.57 Å². The van der Waals surface area contributed by atoms with E-state index in [1.165, 1.54) is 0 Å². The van der Waals surface area contributed by atoms with Crippen LogP contribution in [0.15, 0.2) is 6.07 Å². The minimum Gasteiger partial charge on any atom is -0.366 e. The summed E-state index contributed by atoms with van der Waals surface area (Å²) in [5.74, 6) is -0.417. The number of aromatic nitrogens is 1. The van der Waals surface area contributed by atoms with Crippen molar-refractivity contribution in [1.29, 1.82) is 0 Å². The number of nitrogens with one attached hydrogen (secondary N) is 1. The molecule has 1 aliphatic rings. The molecule has 4 nitrogen and oxygen atoms in total. The number of hydrogen-bond donors (Lipinski definition) is 2. The molecular weight excluding hydrogens is 190 g/mol. The van der Waals surface area contributed by atoms with E-state index in [2.05, 4.69) is 5.32 Å². The number of rotatable bonds is 1. The van der Waals surface area contributed by atoms with Crippen LogP contribution in [0.2, 0.25) is 5.15 Å².